The maximum atomic E-state index is 6.04. The molecule has 70 valence electrons. The van der Waals surface area contributed by atoms with Crippen molar-refractivity contribution < 1.29 is 0 Å². The van der Waals surface area contributed by atoms with Gasteiger partial charge in [-0.3, -0.25) is 4.98 Å². The number of hydrogen-bond acceptors (Lipinski definition) is 2. The van der Waals surface area contributed by atoms with Crippen LogP contribution in [0.25, 0.3) is 0 Å². The largest absolute Gasteiger partial charge is 0.327 e. The summed E-state index contributed by atoms with van der Waals surface area (Å²) in [5.41, 5.74) is 7.36. The Kier molecular flexibility index (Phi) is 2.65. The predicted molar refractivity (Wildman–Crippen MR) is 56.5 cm³/mol. The fourth-order valence-electron chi connectivity index (χ4n) is 2.06. The highest BCUT2D eigenvalue weighted by molar-refractivity contribution is 9.10. The van der Waals surface area contributed by atoms with Crippen molar-refractivity contribution in [3.63, 3.8) is 0 Å². The molecule has 0 bridgehead atoms. The summed E-state index contributed by atoms with van der Waals surface area (Å²) >= 11 is 3.52. The van der Waals surface area contributed by atoms with E-state index in [4.69, 9.17) is 5.73 Å². The number of halogens is 1. The van der Waals surface area contributed by atoms with Gasteiger partial charge in [-0.15, -0.1) is 0 Å². The lowest BCUT2D eigenvalue weighted by molar-refractivity contribution is 0.610. The molecule has 1 fully saturated rings. The van der Waals surface area contributed by atoms with Gasteiger partial charge in [0, 0.05) is 28.8 Å². The molecule has 1 heterocycles. The maximum absolute atomic E-state index is 6.04. The van der Waals surface area contributed by atoms with Crippen LogP contribution in [0.3, 0.4) is 0 Å². The summed E-state index contributed by atoms with van der Waals surface area (Å²) in [6, 6.07) is 2.40. The van der Waals surface area contributed by atoms with Gasteiger partial charge in [-0.1, -0.05) is 6.42 Å². The molecule has 2 rings (SSSR count). The Morgan fingerprint density at radius 2 is 2.31 bits per heavy atom. The number of rotatable bonds is 1. The number of aromatic nitrogens is 1. The first kappa shape index (κ1) is 9.16. The minimum atomic E-state index is 0.332. The van der Waals surface area contributed by atoms with Crippen LogP contribution in [0.5, 0.6) is 0 Å². The summed E-state index contributed by atoms with van der Waals surface area (Å²) in [5.74, 6) is 0.525. The zero-order valence-corrected chi connectivity index (χ0v) is 9.00. The lowest BCUT2D eigenvalue weighted by Crippen LogP contribution is -2.22. The van der Waals surface area contributed by atoms with Crippen molar-refractivity contribution in [1.29, 1.82) is 0 Å². The average Bonchev–Trinajstić information content (AvgIpc) is 2.52. The molecule has 13 heavy (non-hydrogen) atoms. The summed E-state index contributed by atoms with van der Waals surface area (Å²) < 4.78 is 1.09. The van der Waals surface area contributed by atoms with Gasteiger partial charge in [0.25, 0.3) is 0 Å². The standard InChI is InChI=1S/C10H13BrN2/c11-9-6-13-5-4-7(9)8-2-1-3-10(8)12/h4-6,8,10H,1-3,12H2. The molecular weight excluding hydrogens is 228 g/mol. The first-order chi connectivity index (χ1) is 6.29. The van der Waals surface area contributed by atoms with E-state index in [1.165, 1.54) is 18.4 Å². The first-order valence-corrected chi connectivity index (χ1v) is 5.43. The van der Waals surface area contributed by atoms with E-state index >= 15 is 0 Å². The van der Waals surface area contributed by atoms with Gasteiger partial charge in [0.2, 0.25) is 0 Å². The molecule has 2 N–H and O–H groups in total. The SMILES string of the molecule is NC1CCCC1c1ccncc1Br. The van der Waals surface area contributed by atoms with E-state index in [-0.39, 0.29) is 0 Å². The van der Waals surface area contributed by atoms with Crippen LogP contribution in [0.1, 0.15) is 30.7 Å². The van der Waals surface area contributed by atoms with E-state index in [2.05, 4.69) is 27.0 Å². The van der Waals surface area contributed by atoms with E-state index in [1.54, 1.807) is 0 Å². The van der Waals surface area contributed by atoms with E-state index in [1.807, 2.05) is 12.4 Å². The molecule has 2 atom stereocenters. The third-order valence-corrected chi connectivity index (χ3v) is 3.44. The molecule has 1 saturated carbocycles. The predicted octanol–water partition coefficient (Wildman–Crippen LogP) is 2.44. The van der Waals surface area contributed by atoms with Crippen LogP contribution in [0, 0.1) is 0 Å². The third-order valence-electron chi connectivity index (χ3n) is 2.77. The third kappa shape index (κ3) is 1.76. The highest BCUT2D eigenvalue weighted by Crippen LogP contribution is 2.36. The van der Waals surface area contributed by atoms with E-state index in [0.717, 1.165) is 10.9 Å². The number of nitrogens with two attached hydrogens (primary N) is 1. The zero-order chi connectivity index (χ0) is 9.26. The van der Waals surface area contributed by atoms with E-state index in [0.29, 0.717) is 12.0 Å². The summed E-state index contributed by atoms with van der Waals surface area (Å²) in [6.07, 6.45) is 7.30. The molecule has 1 aliphatic carbocycles. The molecule has 0 radical (unpaired) electrons. The molecule has 1 aliphatic rings. The second-order valence-electron chi connectivity index (χ2n) is 3.60. The first-order valence-electron chi connectivity index (χ1n) is 4.64. The Morgan fingerprint density at radius 3 is 2.92 bits per heavy atom. The van der Waals surface area contributed by atoms with E-state index in [9.17, 15) is 0 Å². The van der Waals surface area contributed by atoms with Crippen LogP contribution in [0.2, 0.25) is 0 Å². The number of nitrogens with zero attached hydrogens (tertiary/aromatic N) is 1. The van der Waals surface area contributed by atoms with Crippen LogP contribution in [-0.2, 0) is 0 Å². The fraction of sp³-hybridized carbons (Fsp3) is 0.500. The molecule has 2 unspecified atom stereocenters. The van der Waals surface area contributed by atoms with E-state index < -0.39 is 0 Å². The van der Waals surface area contributed by atoms with Gasteiger partial charge in [0.05, 0.1) is 0 Å². The molecule has 0 amide bonds. The average molecular weight is 241 g/mol. The number of pyridine rings is 1. The molecule has 0 aromatic carbocycles. The van der Waals surface area contributed by atoms with Crippen LogP contribution < -0.4 is 5.73 Å². The van der Waals surface area contributed by atoms with Crippen molar-refractivity contribution in [2.24, 2.45) is 5.73 Å². The van der Waals surface area contributed by atoms with Gasteiger partial charge in [-0.05, 0) is 40.4 Å². The van der Waals surface area contributed by atoms with Crippen LogP contribution in [-0.4, -0.2) is 11.0 Å². The van der Waals surface area contributed by atoms with Crippen molar-refractivity contribution in [3.05, 3.63) is 28.5 Å². The second kappa shape index (κ2) is 3.76. The quantitative estimate of drug-likeness (QED) is 0.820. The Morgan fingerprint density at radius 1 is 1.46 bits per heavy atom. The van der Waals surface area contributed by atoms with Gasteiger partial charge in [-0.25, -0.2) is 0 Å². The van der Waals surface area contributed by atoms with Crippen LogP contribution >= 0.6 is 15.9 Å². The van der Waals surface area contributed by atoms with Gasteiger partial charge >= 0.3 is 0 Å². The molecule has 0 spiro atoms. The Bertz CT molecular complexity index is 301. The fourth-order valence-corrected chi connectivity index (χ4v) is 2.61. The molecule has 3 heteroatoms. The minimum Gasteiger partial charge on any atom is -0.327 e. The van der Waals surface area contributed by atoms with Crippen LogP contribution in [0.15, 0.2) is 22.9 Å². The van der Waals surface area contributed by atoms with Crippen molar-refractivity contribution in [3.8, 4) is 0 Å². The Balaban J connectivity index is 2.29. The number of hydrogen-bond donors (Lipinski definition) is 1. The normalized spacial score (nSPS) is 27.8. The molecule has 1 aromatic rings. The molecule has 2 nitrogen and oxygen atoms in total. The topological polar surface area (TPSA) is 38.9 Å². The summed E-state index contributed by atoms with van der Waals surface area (Å²) in [4.78, 5) is 4.05. The van der Waals surface area contributed by atoms with Crippen molar-refractivity contribution >= 4 is 15.9 Å². The monoisotopic (exact) mass is 240 g/mol. The van der Waals surface area contributed by atoms with Crippen molar-refractivity contribution in [1.82, 2.24) is 4.98 Å². The Labute approximate surface area is 86.7 Å². The molecular formula is C10H13BrN2. The maximum Gasteiger partial charge on any atom is 0.0413 e. The molecule has 0 aliphatic heterocycles. The smallest absolute Gasteiger partial charge is 0.0413 e. The highest BCUT2D eigenvalue weighted by atomic mass is 79.9. The van der Waals surface area contributed by atoms with Gasteiger partial charge in [0.1, 0.15) is 0 Å². The van der Waals surface area contributed by atoms with Crippen LogP contribution in [0.4, 0.5) is 0 Å². The molecule has 1 aromatic heterocycles. The minimum absolute atomic E-state index is 0.332. The zero-order valence-electron chi connectivity index (χ0n) is 7.41. The van der Waals surface area contributed by atoms with Crippen molar-refractivity contribution in [2.45, 2.75) is 31.2 Å². The highest BCUT2D eigenvalue weighted by Gasteiger charge is 2.26. The summed E-state index contributed by atoms with van der Waals surface area (Å²) in [7, 11) is 0. The van der Waals surface area contributed by atoms with Crippen molar-refractivity contribution in [2.75, 3.05) is 0 Å². The summed E-state index contributed by atoms with van der Waals surface area (Å²) in [5, 5.41) is 0. The lowest BCUT2D eigenvalue weighted by atomic mass is 9.96. The van der Waals surface area contributed by atoms with Gasteiger partial charge in [-0.2, -0.15) is 0 Å². The lowest BCUT2D eigenvalue weighted by Gasteiger charge is -2.16. The molecule has 0 saturated heterocycles. The Hall–Kier alpha value is -0.410. The van der Waals surface area contributed by atoms with Gasteiger partial charge in [0.15, 0.2) is 0 Å². The second-order valence-corrected chi connectivity index (χ2v) is 4.45. The van der Waals surface area contributed by atoms with Gasteiger partial charge < -0.3 is 5.73 Å². The summed E-state index contributed by atoms with van der Waals surface area (Å²) in [6.45, 7) is 0.